The molecule has 0 heterocycles. The lowest BCUT2D eigenvalue weighted by Gasteiger charge is -2.07. The fourth-order valence-electron chi connectivity index (χ4n) is 1.29. The molecule has 5 heteroatoms. The van der Waals surface area contributed by atoms with E-state index in [2.05, 4.69) is 5.32 Å². The minimum atomic E-state index is -0.181. The maximum atomic E-state index is 11.5. The number of nitrogens with one attached hydrogen (secondary N) is 1. The van der Waals surface area contributed by atoms with Crippen molar-refractivity contribution in [2.24, 2.45) is 0 Å². The van der Waals surface area contributed by atoms with Crippen LogP contribution in [0.1, 0.15) is 18.9 Å². The minimum absolute atomic E-state index is 0.181. The summed E-state index contributed by atoms with van der Waals surface area (Å²) in [7, 11) is 0. The Morgan fingerprint density at radius 3 is 3.00 bits per heavy atom. The van der Waals surface area contributed by atoms with Gasteiger partial charge in [0.25, 0.3) is 0 Å². The van der Waals surface area contributed by atoms with E-state index in [-0.39, 0.29) is 12.3 Å². The Morgan fingerprint density at radius 1 is 1.59 bits per heavy atom. The van der Waals surface area contributed by atoms with Gasteiger partial charge in [0.2, 0.25) is 5.91 Å². The van der Waals surface area contributed by atoms with E-state index >= 15 is 0 Å². The number of ether oxygens (including phenoxy) is 1. The summed E-state index contributed by atoms with van der Waals surface area (Å²) in [6, 6.07) is 6.76. The predicted octanol–water partition coefficient (Wildman–Crippen LogP) is 1.51. The number of carbonyl (C=O) groups is 1. The molecule has 0 fully saturated rings. The van der Waals surface area contributed by atoms with Crippen LogP contribution < -0.4 is 11.1 Å². The minimum Gasteiger partial charge on any atom is -0.399 e. The Bertz CT molecular complexity index is 438. The summed E-state index contributed by atoms with van der Waals surface area (Å²) in [6.45, 7) is 2.82. The fourth-order valence-corrected chi connectivity index (χ4v) is 1.29. The summed E-state index contributed by atoms with van der Waals surface area (Å²) in [5.41, 5.74) is 6.87. The van der Waals surface area contributed by atoms with Crippen LogP contribution in [0.25, 0.3) is 0 Å². The van der Waals surface area contributed by atoms with E-state index in [1.165, 1.54) is 6.07 Å². The fraction of sp³-hybridized carbons (Fsp3) is 0.333. The molecule has 0 aliphatic carbocycles. The molecule has 0 unspecified atom stereocenters. The van der Waals surface area contributed by atoms with E-state index in [9.17, 15) is 4.79 Å². The van der Waals surface area contributed by atoms with Gasteiger partial charge >= 0.3 is 0 Å². The molecule has 3 N–H and O–H groups in total. The Morgan fingerprint density at radius 2 is 2.35 bits per heavy atom. The van der Waals surface area contributed by atoms with E-state index in [1.807, 2.05) is 13.0 Å². The summed E-state index contributed by atoms with van der Waals surface area (Å²) in [5, 5.41) is 11.5. The zero-order valence-electron chi connectivity index (χ0n) is 9.69. The predicted molar refractivity (Wildman–Crippen MR) is 65.3 cm³/mol. The third kappa shape index (κ3) is 4.13. The summed E-state index contributed by atoms with van der Waals surface area (Å²) in [6.07, 6.45) is 0.267. The van der Waals surface area contributed by atoms with Gasteiger partial charge in [0.1, 0.15) is 6.07 Å². The maximum absolute atomic E-state index is 11.5. The second-order valence-electron chi connectivity index (χ2n) is 3.41. The van der Waals surface area contributed by atoms with Crippen molar-refractivity contribution < 1.29 is 9.53 Å². The van der Waals surface area contributed by atoms with Crippen LogP contribution in [0.3, 0.4) is 0 Å². The van der Waals surface area contributed by atoms with Gasteiger partial charge in [-0.05, 0) is 25.1 Å². The van der Waals surface area contributed by atoms with Crippen LogP contribution in [0.2, 0.25) is 0 Å². The molecular formula is C12H15N3O2. The molecule has 5 nitrogen and oxygen atoms in total. The molecule has 0 spiro atoms. The number of anilines is 2. The number of nitrogen functional groups attached to an aromatic ring is 1. The first-order valence-electron chi connectivity index (χ1n) is 5.34. The van der Waals surface area contributed by atoms with Gasteiger partial charge in [-0.2, -0.15) is 5.26 Å². The molecule has 0 saturated heterocycles. The van der Waals surface area contributed by atoms with Crippen molar-refractivity contribution in [1.82, 2.24) is 0 Å². The van der Waals surface area contributed by atoms with Gasteiger partial charge in [0.05, 0.1) is 24.3 Å². The SMILES string of the molecule is CCOCCC(=O)Nc1ccc(N)cc1C#N. The smallest absolute Gasteiger partial charge is 0.226 e. The highest BCUT2D eigenvalue weighted by Gasteiger charge is 2.06. The molecule has 0 bridgehead atoms. The Kier molecular flexibility index (Phi) is 4.98. The number of nitrogens with two attached hydrogens (primary N) is 1. The van der Waals surface area contributed by atoms with Crippen molar-refractivity contribution >= 4 is 17.3 Å². The van der Waals surface area contributed by atoms with E-state index in [4.69, 9.17) is 15.7 Å². The largest absolute Gasteiger partial charge is 0.399 e. The standard InChI is InChI=1S/C12H15N3O2/c1-2-17-6-5-12(16)15-11-4-3-10(14)7-9(11)8-13/h3-4,7H,2,5-6,14H2,1H3,(H,15,16). The van der Waals surface area contributed by atoms with Gasteiger partial charge < -0.3 is 15.8 Å². The molecule has 0 aliphatic heterocycles. The number of hydrogen-bond acceptors (Lipinski definition) is 4. The molecule has 1 rings (SSSR count). The topological polar surface area (TPSA) is 88.1 Å². The van der Waals surface area contributed by atoms with Gasteiger partial charge in [-0.25, -0.2) is 0 Å². The van der Waals surface area contributed by atoms with Crippen LogP contribution in [-0.2, 0) is 9.53 Å². The quantitative estimate of drug-likeness (QED) is 0.596. The molecule has 0 aromatic heterocycles. The van der Waals surface area contributed by atoms with Crippen LogP contribution in [-0.4, -0.2) is 19.1 Å². The van der Waals surface area contributed by atoms with Crippen molar-refractivity contribution in [2.75, 3.05) is 24.3 Å². The lowest BCUT2D eigenvalue weighted by Crippen LogP contribution is -2.15. The first-order chi connectivity index (χ1) is 8.17. The molecular weight excluding hydrogens is 218 g/mol. The van der Waals surface area contributed by atoms with Gasteiger partial charge in [0, 0.05) is 12.3 Å². The van der Waals surface area contributed by atoms with Crippen LogP contribution >= 0.6 is 0 Å². The van der Waals surface area contributed by atoms with Gasteiger partial charge in [-0.1, -0.05) is 0 Å². The number of carbonyl (C=O) groups excluding carboxylic acids is 1. The third-order valence-corrected chi connectivity index (χ3v) is 2.12. The van der Waals surface area contributed by atoms with Crippen LogP contribution in [0.15, 0.2) is 18.2 Å². The molecule has 17 heavy (non-hydrogen) atoms. The van der Waals surface area contributed by atoms with Crippen molar-refractivity contribution in [3.05, 3.63) is 23.8 Å². The first kappa shape index (κ1) is 13.0. The van der Waals surface area contributed by atoms with Crippen LogP contribution in [0.4, 0.5) is 11.4 Å². The van der Waals surface area contributed by atoms with Gasteiger partial charge in [-0.3, -0.25) is 4.79 Å². The van der Waals surface area contributed by atoms with E-state index < -0.39 is 0 Å². The second-order valence-corrected chi connectivity index (χ2v) is 3.41. The molecule has 1 aromatic rings. The second kappa shape index (κ2) is 6.51. The van der Waals surface area contributed by atoms with Crippen molar-refractivity contribution in [2.45, 2.75) is 13.3 Å². The Hall–Kier alpha value is -2.06. The van der Waals surface area contributed by atoms with Crippen molar-refractivity contribution in [3.63, 3.8) is 0 Å². The molecule has 0 atom stereocenters. The maximum Gasteiger partial charge on any atom is 0.226 e. The average Bonchev–Trinajstić information content (AvgIpc) is 2.32. The number of nitrogens with zero attached hydrogens (tertiary/aromatic N) is 1. The Balaban J connectivity index is 2.62. The number of benzene rings is 1. The van der Waals surface area contributed by atoms with Gasteiger partial charge in [0.15, 0.2) is 0 Å². The monoisotopic (exact) mass is 233 g/mol. The normalized spacial score (nSPS) is 9.65. The number of hydrogen-bond donors (Lipinski definition) is 2. The van der Waals surface area contributed by atoms with Crippen molar-refractivity contribution in [3.8, 4) is 6.07 Å². The number of rotatable bonds is 5. The molecule has 1 amide bonds. The lowest BCUT2D eigenvalue weighted by molar-refractivity contribution is -0.117. The average molecular weight is 233 g/mol. The van der Waals surface area contributed by atoms with Crippen molar-refractivity contribution in [1.29, 1.82) is 5.26 Å². The van der Waals surface area contributed by atoms with E-state index in [0.717, 1.165) is 0 Å². The van der Waals surface area contributed by atoms with Gasteiger partial charge in [-0.15, -0.1) is 0 Å². The lowest BCUT2D eigenvalue weighted by atomic mass is 10.1. The van der Waals surface area contributed by atoms with E-state index in [0.29, 0.717) is 30.2 Å². The summed E-state index contributed by atoms with van der Waals surface area (Å²) >= 11 is 0. The molecule has 90 valence electrons. The highest BCUT2D eigenvalue weighted by atomic mass is 16.5. The summed E-state index contributed by atoms with van der Waals surface area (Å²) < 4.78 is 5.07. The zero-order chi connectivity index (χ0) is 12.7. The first-order valence-corrected chi connectivity index (χ1v) is 5.34. The highest BCUT2D eigenvalue weighted by Crippen LogP contribution is 2.17. The van der Waals surface area contributed by atoms with Crippen LogP contribution in [0, 0.1) is 11.3 Å². The summed E-state index contributed by atoms with van der Waals surface area (Å²) in [4.78, 5) is 11.5. The number of nitriles is 1. The molecule has 1 aromatic carbocycles. The van der Waals surface area contributed by atoms with Crippen LogP contribution in [0.5, 0.6) is 0 Å². The zero-order valence-corrected chi connectivity index (χ0v) is 9.69. The summed E-state index contributed by atoms with van der Waals surface area (Å²) in [5.74, 6) is -0.181. The molecule has 0 aliphatic rings. The number of amides is 1. The Labute approximate surface area is 100 Å². The highest BCUT2D eigenvalue weighted by molar-refractivity contribution is 5.92. The molecule has 0 radical (unpaired) electrons. The van der Waals surface area contributed by atoms with E-state index in [1.54, 1.807) is 12.1 Å². The molecule has 0 saturated carbocycles. The third-order valence-electron chi connectivity index (χ3n) is 2.12.